The van der Waals surface area contributed by atoms with E-state index in [1.807, 2.05) is 4.72 Å². The van der Waals surface area contributed by atoms with Gasteiger partial charge in [-0.05, 0) is 42.5 Å². The third kappa shape index (κ3) is 4.15. The van der Waals surface area contributed by atoms with Crippen LogP contribution in [0, 0.1) is 5.82 Å². The number of aromatic carboxylic acids is 1. The van der Waals surface area contributed by atoms with Crippen LogP contribution in [0.25, 0.3) is 10.6 Å². The molecule has 6 nitrogen and oxygen atoms in total. The van der Waals surface area contributed by atoms with Gasteiger partial charge >= 0.3 is 5.97 Å². The van der Waals surface area contributed by atoms with Gasteiger partial charge in [0, 0.05) is 11.1 Å². The Hall–Kier alpha value is -2.92. The van der Waals surface area contributed by atoms with Crippen molar-refractivity contribution < 1.29 is 31.5 Å². The summed E-state index contributed by atoms with van der Waals surface area (Å²) in [4.78, 5) is 14.9. The van der Waals surface area contributed by atoms with Crippen molar-refractivity contribution in [1.82, 2.24) is 4.98 Å². The van der Waals surface area contributed by atoms with E-state index in [1.165, 1.54) is 24.3 Å². The molecule has 0 aliphatic carbocycles. The normalized spacial score (nSPS) is 11.6. The molecule has 0 fully saturated rings. The quantitative estimate of drug-likeness (QED) is 0.607. The number of nitrogens with one attached hydrogen (secondary N) is 1. The predicted octanol–water partition coefficient (Wildman–Crippen LogP) is 4.39. The minimum Gasteiger partial charge on any atom is -0.478 e. The number of carboxylic acid groups (broad SMARTS) is 1. The number of carboxylic acids is 1. The van der Waals surface area contributed by atoms with E-state index in [9.17, 15) is 26.4 Å². The predicted molar refractivity (Wildman–Crippen MR) is 96.7 cm³/mol. The fourth-order valence-corrected chi connectivity index (χ4v) is 4.50. The van der Waals surface area contributed by atoms with E-state index in [4.69, 9.17) is 5.11 Å². The van der Waals surface area contributed by atoms with E-state index in [0.717, 1.165) is 29.7 Å². The standard InChI is InChI=1S/C17H11F3N2O4S2/c18-11-4-1-9(2-5-11)16-21-8-14(27-16)28(25,26)22-13-6-3-10(17(23)24)7-12(13)15(19)20/h1-8,15,22H,(H,23,24). The first kappa shape index (κ1) is 19.8. The van der Waals surface area contributed by atoms with E-state index in [-0.39, 0.29) is 4.21 Å². The van der Waals surface area contributed by atoms with Gasteiger partial charge in [0.05, 0.1) is 17.4 Å². The number of hydrogen-bond donors (Lipinski definition) is 2. The summed E-state index contributed by atoms with van der Waals surface area (Å²) in [6.45, 7) is 0. The van der Waals surface area contributed by atoms with Gasteiger partial charge in [-0.15, -0.1) is 11.3 Å². The lowest BCUT2D eigenvalue weighted by Gasteiger charge is -2.12. The van der Waals surface area contributed by atoms with E-state index in [1.54, 1.807) is 0 Å². The number of aromatic nitrogens is 1. The second-order valence-corrected chi connectivity index (χ2v) is 8.44. The first-order chi connectivity index (χ1) is 13.2. The van der Waals surface area contributed by atoms with Crippen LogP contribution in [0.1, 0.15) is 22.3 Å². The fourth-order valence-electron chi connectivity index (χ4n) is 2.27. The lowest BCUT2D eigenvalue weighted by atomic mass is 10.1. The lowest BCUT2D eigenvalue weighted by molar-refractivity contribution is 0.0696. The van der Waals surface area contributed by atoms with Crippen molar-refractivity contribution in [2.24, 2.45) is 0 Å². The number of sulfonamides is 1. The van der Waals surface area contributed by atoms with E-state index < -0.39 is 45.0 Å². The van der Waals surface area contributed by atoms with Crippen LogP contribution < -0.4 is 4.72 Å². The van der Waals surface area contributed by atoms with Crippen LogP contribution in [0.15, 0.2) is 52.9 Å². The number of benzene rings is 2. The summed E-state index contributed by atoms with van der Waals surface area (Å²) in [5.41, 5.74) is -1.09. The Morgan fingerprint density at radius 2 is 1.82 bits per heavy atom. The second-order valence-electron chi connectivity index (χ2n) is 5.50. The Kier molecular flexibility index (Phi) is 5.38. The third-order valence-corrected chi connectivity index (χ3v) is 6.49. The van der Waals surface area contributed by atoms with Crippen molar-refractivity contribution in [1.29, 1.82) is 0 Å². The van der Waals surface area contributed by atoms with Crippen LogP contribution >= 0.6 is 11.3 Å². The zero-order chi connectivity index (χ0) is 20.5. The number of anilines is 1. The van der Waals surface area contributed by atoms with Crippen molar-refractivity contribution in [3.05, 3.63) is 65.6 Å². The Labute approximate surface area is 161 Å². The van der Waals surface area contributed by atoms with Gasteiger partial charge in [0.25, 0.3) is 16.4 Å². The molecule has 0 saturated carbocycles. The topological polar surface area (TPSA) is 96.4 Å². The molecule has 28 heavy (non-hydrogen) atoms. The number of carbonyl (C=O) groups is 1. The zero-order valence-corrected chi connectivity index (χ0v) is 15.4. The third-order valence-electron chi connectivity index (χ3n) is 3.62. The molecule has 1 aromatic heterocycles. The van der Waals surface area contributed by atoms with Gasteiger partial charge in [0.1, 0.15) is 10.8 Å². The summed E-state index contributed by atoms with van der Waals surface area (Å²) in [7, 11) is -4.25. The van der Waals surface area contributed by atoms with E-state index in [2.05, 4.69) is 4.98 Å². The highest BCUT2D eigenvalue weighted by Gasteiger charge is 2.23. The van der Waals surface area contributed by atoms with Crippen molar-refractivity contribution in [2.45, 2.75) is 10.6 Å². The van der Waals surface area contributed by atoms with Gasteiger partial charge in [0.2, 0.25) is 0 Å². The van der Waals surface area contributed by atoms with Crippen LogP contribution in [0.4, 0.5) is 18.9 Å². The average molecular weight is 428 g/mol. The van der Waals surface area contributed by atoms with Crippen LogP contribution in [0.3, 0.4) is 0 Å². The largest absolute Gasteiger partial charge is 0.478 e. The summed E-state index contributed by atoms with van der Waals surface area (Å²) in [5.74, 6) is -1.87. The van der Waals surface area contributed by atoms with Crippen molar-refractivity contribution in [3.63, 3.8) is 0 Å². The molecule has 3 rings (SSSR count). The Morgan fingerprint density at radius 1 is 1.14 bits per heavy atom. The van der Waals surface area contributed by atoms with E-state index >= 15 is 0 Å². The van der Waals surface area contributed by atoms with Gasteiger partial charge in [-0.25, -0.2) is 31.4 Å². The molecule has 0 amide bonds. The monoisotopic (exact) mass is 428 g/mol. The smallest absolute Gasteiger partial charge is 0.335 e. The molecule has 2 aromatic carbocycles. The van der Waals surface area contributed by atoms with Gasteiger partial charge < -0.3 is 5.11 Å². The highest BCUT2D eigenvalue weighted by molar-refractivity contribution is 7.94. The van der Waals surface area contributed by atoms with Crippen molar-refractivity contribution in [2.75, 3.05) is 4.72 Å². The molecule has 0 aliphatic heterocycles. The SMILES string of the molecule is O=C(O)c1ccc(NS(=O)(=O)c2cnc(-c3ccc(F)cc3)s2)c(C(F)F)c1. The maximum absolute atomic E-state index is 13.2. The summed E-state index contributed by atoms with van der Waals surface area (Å²) >= 11 is 0.775. The maximum atomic E-state index is 13.2. The van der Waals surface area contributed by atoms with Crippen LogP contribution in [0.2, 0.25) is 0 Å². The molecule has 0 radical (unpaired) electrons. The molecular weight excluding hydrogens is 417 g/mol. The minimum atomic E-state index is -4.25. The summed E-state index contributed by atoms with van der Waals surface area (Å²) in [5, 5.41) is 9.21. The van der Waals surface area contributed by atoms with Crippen LogP contribution in [-0.4, -0.2) is 24.5 Å². The highest BCUT2D eigenvalue weighted by atomic mass is 32.2. The minimum absolute atomic E-state index is 0.241. The Morgan fingerprint density at radius 3 is 2.43 bits per heavy atom. The molecule has 0 aliphatic rings. The van der Waals surface area contributed by atoms with Gasteiger partial charge in [-0.1, -0.05) is 0 Å². The zero-order valence-electron chi connectivity index (χ0n) is 13.8. The lowest BCUT2D eigenvalue weighted by Crippen LogP contribution is -2.13. The number of alkyl halides is 2. The molecule has 0 spiro atoms. The molecule has 0 saturated heterocycles. The summed E-state index contributed by atoms with van der Waals surface area (Å²) in [6, 6.07) is 7.94. The molecule has 0 bridgehead atoms. The van der Waals surface area contributed by atoms with Crippen molar-refractivity contribution >= 4 is 33.0 Å². The molecule has 146 valence electrons. The Balaban J connectivity index is 1.92. The first-order valence-electron chi connectivity index (χ1n) is 7.57. The number of halogens is 3. The molecule has 1 heterocycles. The first-order valence-corrected chi connectivity index (χ1v) is 9.87. The van der Waals surface area contributed by atoms with Crippen LogP contribution in [0.5, 0.6) is 0 Å². The highest BCUT2D eigenvalue weighted by Crippen LogP contribution is 2.32. The van der Waals surface area contributed by atoms with E-state index in [0.29, 0.717) is 16.6 Å². The molecule has 2 N–H and O–H groups in total. The maximum Gasteiger partial charge on any atom is 0.335 e. The van der Waals surface area contributed by atoms with Crippen molar-refractivity contribution in [3.8, 4) is 10.6 Å². The summed E-state index contributed by atoms with van der Waals surface area (Å²) in [6.07, 6.45) is -2.03. The fraction of sp³-hybridized carbons (Fsp3) is 0.0588. The number of nitrogens with zero attached hydrogens (tertiary/aromatic N) is 1. The number of hydrogen-bond acceptors (Lipinski definition) is 5. The van der Waals surface area contributed by atoms with Gasteiger partial charge in [0.15, 0.2) is 4.21 Å². The molecule has 3 aromatic rings. The average Bonchev–Trinajstić information content (AvgIpc) is 3.13. The molecule has 11 heteroatoms. The van der Waals surface area contributed by atoms with Crippen LogP contribution in [-0.2, 0) is 10.0 Å². The number of rotatable bonds is 6. The Bertz CT molecular complexity index is 1130. The van der Waals surface area contributed by atoms with Gasteiger partial charge in [-0.2, -0.15) is 0 Å². The molecule has 0 atom stereocenters. The second kappa shape index (κ2) is 7.60. The summed E-state index contributed by atoms with van der Waals surface area (Å²) < 4.78 is 66.3. The van der Waals surface area contributed by atoms with Gasteiger partial charge in [-0.3, -0.25) is 4.72 Å². The number of thiazole rings is 1. The molecular formula is C17H11F3N2O4S2. The molecule has 0 unspecified atom stereocenters.